The molecule has 0 saturated heterocycles. The van der Waals surface area contributed by atoms with Gasteiger partial charge in [0.15, 0.2) is 0 Å². The maximum absolute atomic E-state index is 12.9. The molecule has 162 valence electrons. The lowest BCUT2D eigenvalue weighted by molar-refractivity contribution is -0.116. The van der Waals surface area contributed by atoms with Crippen LogP contribution < -0.4 is 10.1 Å². The fraction of sp³-hybridized carbons (Fsp3) is 0.273. The fourth-order valence-corrected chi connectivity index (χ4v) is 4.92. The average molecular weight is 442 g/mol. The highest BCUT2D eigenvalue weighted by atomic mass is 32.2. The van der Waals surface area contributed by atoms with Gasteiger partial charge in [0.2, 0.25) is 20.9 Å². The number of aromatic nitrogens is 2. The largest absolute Gasteiger partial charge is 0.494 e. The van der Waals surface area contributed by atoms with Crippen LogP contribution in [-0.4, -0.2) is 41.3 Å². The van der Waals surface area contributed by atoms with E-state index in [0.29, 0.717) is 36.3 Å². The maximum atomic E-state index is 12.9. The van der Waals surface area contributed by atoms with Crippen molar-refractivity contribution in [2.75, 3.05) is 17.7 Å². The Labute approximate surface area is 180 Å². The van der Waals surface area contributed by atoms with Gasteiger partial charge in [-0.3, -0.25) is 9.36 Å². The van der Waals surface area contributed by atoms with Gasteiger partial charge in [-0.1, -0.05) is 18.2 Å². The first-order chi connectivity index (χ1) is 15.0. The number of nitrogens with one attached hydrogen (secondary N) is 1. The quantitative estimate of drug-likeness (QED) is 0.520. The van der Waals surface area contributed by atoms with Crippen LogP contribution in [0.4, 0.5) is 5.69 Å². The number of aliphatic hydroxyl groups is 1. The number of amides is 1. The van der Waals surface area contributed by atoms with Crippen LogP contribution in [0, 0.1) is 0 Å². The molecule has 0 bridgehead atoms. The number of aliphatic hydroxyl groups excluding tert-OH is 1. The zero-order chi connectivity index (χ0) is 21.8. The summed E-state index contributed by atoms with van der Waals surface area (Å²) in [6.07, 6.45) is 4.41. The predicted molar refractivity (Wildman–Crippen MR) is 115 cm³/mol. The molecule has 1 aromatic heterocycles. The molecule has 2 aromatic carbocycles. The van der Waals surface area contributed by atoms with Crippen LogP contribution >= 0.6 is 0 Å². The Morgan fingerprint density at radius 2 is 2.00 bits per heavy atom. The standard InChI is InChI=1S/C22H23N3O5S/c26-15-17-4-1-2-5-20(17)25-11-10-23-22(25)31(28,29)13-3-12-30-18-7-8-19-16(14-18)6-9-21(27)24-19/h1-2,4-5,7-8,10-11,14,26H,3,6,9,12-13,15H2,(H,24,27). The van der Waals surface area contributed by atoms with Crippen LogP contribution in [0.1, 0.15) is 24.0 Å². The van der Waals surface area contributed by atoms with Crippen molar-refractivity contribution in [1.29, 1.82) is 0 Å². The van der Waals surface area contributed by atoms with E-state index in [1.807, 2.05) is 6.07 Å². The molecule has 0 saturated carbocycles. The number of fused-ring (bicyclic) bond motifs is 1. The summed E-state index contributed by atoms with van der Waals surface area (Å²) in [6, 6.07) is 12.5. The number of benzene rings is 2. The predicted octanol–water partition coefficient (Wildman–Crippen LogP) is 2.49. The molecule has 0 radical (unpaired) electrons. The number of ether oxygens (including phenoxy) is 1. The highest BCUT2D eigenvalue weighted by Gasteiger charge is 2.22. The van der Waals surface area contributed by atoms with Gasteiger partial charge in [-0.25, -0.2) is 13.4 Å². The summed E-state index contributed by atoms with van der Waals surface area (Å²) >= 11 is 0. The van der Waals surface area contributed by atoms with E-state index in [0.717, 1.165) is 11.3 Å². The lowest BCUT2D eigenvalue weighted by atomic mass is 10.0. The Hall–Kier alpha value is -3.17. The third kappa shape index (κ3) is 4.62. The van der Waals surface area contributed by atoms with Gasteiger partial charge < -0.3 is 15.2 Å². The molecule has 3 aromatic rings. The van der Waals surface area contributed by atoms with Gasteiger partial charge in [0.25, 0.3) is 0 Å². The summed E-state index contributed by atoms with van der Waals surface area (Å²) < 4.78 is 33.0. The second-order valence-electron chi connectivity index (χ2n) is 7.25. The first-order valence-electron chi connectivity index (χ1n) is 9.99. The monoisotopic (exact) mass is 441 g/mol. The molecule has 4 rings (SSSR count). The Morgan fingerprint density at radius 1 is 1.16 bits per heavy atom. The molecule has 0 fully saturated rings. The molecule has 1 aliphatic rings. The van der Waals surface area contributed by atoms with Crippen LogP contribution in [0.25, 0.3) is 5.69 Å². The highest BCUT2D eigenvalue weighted by Crippen LogP contribution is 2.27. The van der Waals surface area contributed by atoms with Crippen molar-refractivity contribution < 1.29 is 23.1 Å². The third-order valence-corrected chi connectivity index (χ3v) is 6.79. The molecule has 31 heavy (non-hydrogen) atoms. The lowest BCUT2D eigenvalue weighted by Crippen LogP contribution is -2.19. The number of hydrogen-bond donors (Lipinski definition) is 2. The first kappa shape index (κ1) is 21.1. The van der Waals surface area contributed by atoms with Crippen molar-refractivity contribution in [1.82, 2.24) is 9.55 Å². The smallest absolute Gasteiger partial charge is 0.232 e. The maximum Gasteiger partial charge on any atom is 0.232 e. The van der Waals surface area contributed by atoms with Crippen molar-refractivity contribution in [3.05, 3.63) is 66.0 Å². The van der Waals surface area contributed by atoms with Crippen LogP contribution in [0.15, 0.2) is 60.0 Å². The molecular weight excluding hydrogens is 418 g/mol. The number of aryl methyl sites for hydroxylation is 1. The molecule has 1 aliphatic heterocycles. The van der Waals surface area contributed by atoms with Gasteiger partial charge in [0.1, 0.15) is 5.75 Å². The van der Waals surface area contributed by atoms with Gasteiger partial charge in [0, 0.05) is 30.1 Å². The molecule has 0 atom stereocenters. The molecule has 0 spiro atoms. The number of hydrogen-bond acceptors (Lipinski definition) is 6. The average Bonchev–Trinajstić information content (AvgIpc) is 3.27. The second kappa shape index (κ2) is 8.91. The van der Waals surface area contributed by atoms with Crippen molar-refractivity contribution in [2.24, 2.45) is 0 Å². The van der Waals surface area contributed by atoms with E-state index in [9.17, 15) is 18.3 Å². The van der Waals surface area contributed by atoms with E-state index in [1.165, 1.54) is 10.8 Å². The number of carbonyl (C=O) groups is 1. The molecular formula is C22H23N3O5S. The van der Waals surface area contributed by atoms with Gasteiger partial charge in [-0.2, -0.15) is 0 Å². The van der Waals surface area contributed by atoms with E-state index in [2.05, 4.69) is 10.3 Å². The van der Waals surface area contributed by atoms with E-state index < -0.39 is 9.84 Å². The SMILES string of the molecule is O=C1CCc2cc(OCCCS(=O)(=O)c3nccn3-c3ccccc3CO)ccc2N1. The lowest BCUT2D eigenvalue weighted by Gasteiger charge is -2.17. The number of anilines is 1. The van der Waals surface area contributed by atoms with Crippen molar-refractivity contribution in [3.8, 4) is 11.4 Å². The normalized spacial score (nSPS) is 13.5. The van der Waals surface area contributed by atoms with Crippen LogP contribution in [0.3, 0.4) is 0 Å². The number of carbonyl (C=O) groups excluding carboxylic acids is 1. The molecule has 8 nitrogen and oxygen atoms in total. The fourth-order valence-electron chi connectivity index (χ4n) is 3.56. The Balaban J connectivity index is 1.40. The topological polar surface area (TPSA) is 111 Å². The summed E-state index contributed by atoms with van der Waals surface area (Å²) in [5, 5.41) is 12.3. The van der Waals surface area contributed by atoms with Crippen molar-refractivity contribution >= 4 is 21.4 Å². The summed E-state index contributed by atoms with van der Waals surface area (Å²) in [6.45, 7) is 0.0322. The number of sulfone groups is 1. The van der Waals surface area contributed by atoms with Crippen LogP contribution in [0.5, 0.6) is 5.75 Å². The zero-order valence-electron chi connectivity index (χ0n) is 16.8. The van der Waals surface area contributed by atoms with E-state index in [1.54, 1.807) is 42.6 Å². The molecule has 0 aliphatic carbocycles. The van der Waals surface area contributed by atoms with Gasteiger partial charge in [0.05, 0.1) is 24.7 Å². The van der Waals surface area contributed by atoms with E-state index >= 15 is 0 Å². The molecule has 0 unspecified atom stereocenters. The highest BCUT2D eigenvalue weighted by molar-refractivity contribution is 7.91. The van der Waals surface area contributed by atoms with E-state index in [4.69, 9.17) is 4.74 Å². The van der Waals surface area contributed by atoms with Gasteiger partial charge >= 0.3 is 0 Å². The second-order valence-corrected chi connectivity index (χ2v) is 9.26. The van der Waals surface area contributed by atoms with Crippen LogP contribution in [-0.2, 0) is 27.7 Å². The number of rotatable bonds is 8. The summed E-state index contributed by atoms with van der Waals surface area (Å²) in [5.41, 5.74) is 3.00. The summed E-state index contributed by atoms with van der Waals surface area (Å²) in [7, 11) is -3.65. The summed E-state index contributed by atoms with van der Waals surface area (Å²) in [4.78, 5) is 15.5. The zero-order valence-corrected chi connectivity index (χ0v) is 17.6. The minimum atomic E-state index is -3.65. The third-order valence-electron chi connectivity index (χ3n) is 5.10. The number of imidazole rings is 1. The van der Waals surface area contributed by atoms with Gasteiger partial charge in [-0.15, -0.1) is 0 Å². The number of nitrogens with zero attached hydrogens (tertiary/aromatic N) is 2. The molecule has 2 N–H and O–H groups in total. The molecule has 2 heterocycles. The first-order valence-corrected chi connectivity index (χ1v) is 11.6. The number of para-hydroxylation sites is 1. The minimum Gasteiger partial charge on any atom is -0.494 e. The van der Waals surface area contributed by atoms with E-state index in [-0.39, 0.29) is 30.0 Å². The van der Waals surface area contributed by atoms with Crippen LogP contribution in [0.2, 0.25) is 0 Å². The Morgan fingerprint density at radius 3 is 2.84 bits per heavy atom. The van der Waals surface area contributed by atoms with Crippen molar-refractivity contribution in [2.45, 2.75) is 31.0 Å². The minimum absolute atomic E-state index is 0.00588. The molecule has 9 heteroatoms. The Kier molecular flexibility index (Phi) is 6.06. The van der Waals surface area contributed by atoms with Crippen molar-refractivity contribution in [3.63, 3.8) is 0 Å². The Bertz CT molecular complexity index is 1200. The van der Waals surface area contributed by atoms with Gasteiger partial charge in [-0.05, 0) is 42.7 Å². The summed E-state index contributed by atoms with van der Waals surface area (Å²) in [5.74, 6) is 0.531. The molecule has 1 amide bonds.